The number of rotatable bonds is 7. The van der Waals surface area contributed by atoms with Crippen LogP contribution in [0.1, 0.15) is 25.3 Å². The number of thioether (sulfide) groups is 1. The molecule has 6 heteroatoms. The number of hydrogen-bond acceptors (Lipinski definition) is 4. The molecule has 110 valence electrons. The lowest BCUT2D eigenvalue weighted by Gasteiger charge is -2.07. The summed E-state index contributed by atoms with van der Waals surface area (Å²) in [6.07, 6.45) is 1.14. The van der Waals surface area contributed by atoms with Crippen molar-refractivity contribution in [2.75, 3.05) is 12.4 Å². The van der Waals surface area contributed by atoms with E-state index in [-0.39, 0.29) is 11.7 Å². The van der Waals surface area contributed by atoms with Crippen LogP contribution in [0.3, 0.4) is 0 Å². The molecule has 2 amide bonds. The maximum absolute atomic E-state index is 11.5. The van der Waals surface area contributed by atoms with Gasteiger partial charge in [0.05, 0.1) is 12.4 Å². The molecule has 0 aromatic heterocycles. The van der Waals surface area contributed by atoms with Crippen molar-refractivity contribution in [1.29, 1.82) is 0 Å². The van der Waals surface area contributed by atoms with Gasteiger partial charge in [0.15, 0.2) is 0 Å². The lowest BCUT2D eigenvalue weighted by molar-refractivity contribution is -0.119. The number of nitrogens with one attached hydrogen (secondary N) is 2. The normalized spacial score (nSPS) is 9.85. The Morgan fingerprint density at radius 3 is 2.65 bits per heavy atom. The van der Waals surface area contributed by atoms with Gasteiger partial charge in [0.2, 0.25) is 5.91 Å². The van der Waals surface area contributed by atoms with E-state index in [1.807, 2.05) is 37.3 Å². The Bertz CT molecular complexity index is 412. The van der Waals surface area contributed by atoms with E-state index in [1.165, 1.54) is 11.8 Å². The average molecular weight is 296 g/mol. The van der Waals surface area contributed by atoms with Gasteiger partial charge in [0.1, 0.15) is 0 Å². The van der Waals surface area contributed by atoms with Gasteiger partial charge in [0.25, 0.3) is 0 Å². The van der Waals surface area contributed by atoms with E-state index < -0.39 is 6.09 Å². The van der Waals surface area contributed by atoms with Gasteiger partial charge in [-0.15, -0.1) is 11.8 Å². The van der Waals surface area contributed by atoms with Crippen LogP contribution in [0.25, 0.3) is 0 Å². The summed E-state index contributed by atoms with van der Waals surface area (Å²) in [5, 5.41) is 0. The molecule has 0 heterocycles. The van der Waals surface area contributed by atoms with Crippen LogP contribution >= 0.6 is 11.8 Å². The van der Waals surface area contributed by atoms with Crippen LogP contribution in [0.4, 0.5) is 4.79 Å². The van der Waals surface area contributed by atoms with Gasteiger partial charge < -0.3 is 4.74 Å². The fraction of sp³-hybridized carbons (Fsp3) is 0.429. The molecule has 5 nitrogen and oxygen atoms in total. The van der Waals surface area contributed by atoms with E-state index in [2.05, 4.69) is 10.9 Å². The summed E-state index contributed by atoms with van der Waals surface area (Å²) in [4.78, 5) is 22.6. The number of hydrazine groups is 1. The van der Waals surface area contributed by atoms with E-state index >= 15 is 0 Å². The van der Waals surface area contributed by atoms with Crippen molar-refractivity contribution in [2.45, 2.75) is 25.5 Å². The molecule has 2 N–H and O–H groups in total. The number of ether oxygens (including phenoxy) is 1. The topological polar surface area (TPSA) is 67.4 Å². The van der Waals surface area contributed by atoms with Crippen LogP contribution in [0.15, 0.2) is 30.3 Å². The van der Waals surface area contributed by atoms with Gasteiger partial charge in [-0.2, -0.15) is 0 Å². The van der Waals surface area contributed by atoms with E-state index in [9.17, 15) is 9.59 Å². The Morgan fingerprint density at radius 2 is 1.95 bits per heavy atom. The van der Waals surface area contributed by atoms with Crippen LogP contribution in [-0.4, -0.2) is 24.4 Å². The second kappa shape index (κ2) is 10.1. The summed E-state index contributed by atoms with van der Waals surface area (Å²) in [5.74, 6) is 0.790. The van der Waals surface area contributed by atoms with Gasteiger partial charge >= 0.3 is 6.09 Å². The fourth-order valence-corrected chi connectivity index (χ4v) is 2.13. The third-order valence-corrected chi connectivity index (χ3v) is 3.38. The summed E-state index contributed by atoms with van der Waals surface area (Å²) >= 11 is 1.48. The average Bonchev–Trinajstić information content (AvgIpc) is 2.46. The van der Waals surface area contributed by atoms with E-state index in [4.69, 9.17) is 4.74 Å². The third-order valence-electron chi connectivity index (χ3n) is 2.38. The second-order valence-corrected chi connectivity index (χ2v) is 5.13. The number of carbonyl (C=O) groups excluding carboxylic acids is 2. The quantitative estimate of drug-likeness (QED) is 0.599. The molecular weight excluding hydrogens is 276 g/mol. The van der Waals surface area contributed by atoms with Gasteiger partial charge in [0, 0.05) is 5.75 Å². The highest BCUT2D eigenvalue weighted by molar-refractivity contribution is 7.99. The first-order chi connectivity index (χ1) is 9.72. The first-order valence-electron chi connectivity index (χ1n) is 6.55. The first-order valence-corrected chi connectivity index (χ1v) is 7.71. The van der Waals surface area contributed by atoms with Crippen molar-refractivity contribution >= 4 is 23.8 Å². The molecule has 0 aliphatic heterocycles. The zero-order chi connectivity index (χ0) is 14.6. The Balaban J connectivity index is 2.07. The highest BCUT2D eigenvalue weighted by Gasteiger charge is 2.05. The van der Waals surface area contributed by atoms with Gasteiger partial charge in [-0.25, -0.2) is 10.2 Å². The predicted octanol–water partition coefficient (Wildman–Crippen LogP) is 2.48. The highest BCUT2D eigenvalue weighted by atomic mass is 32.2. The van der Waals surface area contributed by atoms with E-state index in [0.717, 1.165) is 24.2 Å². The molecule has 0 atom stereocenters. The SMILES string of the molecule is CCCCOC(=O)NNC(=O)CSCc1ccccc1. The number of hydrogen-bond donors (Lipinski definition) is 2. The molecule has 1 aromatic carbocycles. The highest BCUT2D eigenvalue weighted by Crippen LogP contribution is 2.10. The van der Waals surface area contributed by atoms with E-state index in [1.54, 1.807) is 0 Å². The second-order valence-electron chi connectivity index (χ2n) is 4.14. The molecule has 0 bridgehead atoms. The summed E-state index contributed by atoms with van der Waals surface area (Å²) in [6.45, 7) is 2.37. The molecule has 0 fully saturated rings. The molecule has 0 saturated heterocycles. The van der Waals surface area contributed by atoms with Crippen LogP contribution in [-0.2, 0) is 15.3 Å². The maximum atomic E-state index is 11.5. The van der Waals surface area contributed by atoms with Crippen molar-refractivity contribution in [1.82, 2.24) is 10.9 Å². The minimum Gasteiger partial charge on any atom is -0.448 e. The van der Waals surface area contributed by atoms with Gasteiger partial charge in [-0.1, -0.05) is 43.7 Å². The maximum Gasteiger partial charge on any atom is 0.426 e. The van der Waals surface area contributed by atoms with Crippen LogP contribution in [0.5, 0.6) is 0 Å². The minimum atomic E-state index is -0.625. The number of carbonyl (C=O) groups is 2. The Hall–Kier alpha value is -1.69. The molecule has 20 heavy (non-hydrogen) atoms. The fourth-order valence-electron chi connectivity index (χ4n) is 1.34. The molecule has 1 rings (SSSR count). The Morgan fingerprint density at radius 1 is 1.20 bits per heavy atom. The Labute approximate surface area is 123 Å². The largest absolute Gasteiger partial charge is 0.448 e. The number of unbranched alkanes of at least 4 members (excludes halogenated alkanes) is 1. The van der Waals surface area contributed by atoms with Gasteiger partial charge in [-0.05, 0) is 12.0 Å². The van der Waals surface area contributed by atoms with Crippen LogP contribution in [0, 0.1) is 0 Å². The molecule has 1 aromatic rings. The van der Waals surface area contributed by atoms with Crippen molar-refractivity contribution < 1.29 is 14.3 Å². The third kappa shape index (κ3) is 7.68. The smallest absolute Gasteiger partial charge is 0.426 e. The molecule has 0 aliphatic carbocycles. The molecule has 0 unspecified atom stereocenters. The molecule has 0 saturated carbocycles. The summed E-state index contributed by atoms with van der Waals surface area (Å²) in [6, 6.07) is 9.89. The standard InChI is InChI=1S/C14H20N2O3S/c1-2-3-9-19-14(18)16-15-13(17)11-20-10-12-7-5-4-6-8-12/h4-8H,2-3,9-11H2,1H3,(H,15,17)(H,16,18). The predicted molar refractivity (Wildman–Crippen MR) is 80.1 cm³/mol. The van der Waals surface area contributed by atoms with Gasteiger partial charge in [-0.3, -0.25) is 10.2 Å². The number of benzene rings is 1. The molecule has 0 spiro atoms. The zero-order valence-corrected chi connectivity index (χ0v) is 12.4. The summed E-state index contributed by atoms with van der Waals surface area (Å²) in [5.41, 5.74) is 5.69. The zero-order valence-electron chi connectivity index (χ0n) is 11.6. The van der Waals surface area contributed by atoms with Crippen LogP contribution in [0.2, 0.25) is 0 Å². The van der Waals surface area contributed by atoms with E-state index in [0.29, 0.717) is 6.61 Å². The van der Waals surface area contributed by atoms with Crippen LogP contribution < -0.4 is 10.9 Å². The lowest BCUT2D eigenvalue weighted by atomic mass is 10.2. The van der Waals surface area contributed by atoms with Crippen molar-refractivity contribution in [2.24, 2.45) is 0 Å². The number of amides is 2. The molecular formula is C14H20N2O3S. The lowest BCUT2D eigenvalue weighted by Crippen LogP contribution is -2.42. The molecule has 0 radical (unpaired) electrons. The van der Waals surface area contributed by atoms with Crippen molar-refractivity contribution in [3.63, 3.8) is 0 Å². The molecule has 0 aliphatic rings. The monoisotopic (exact) mass is 296 g/mol. The van der Waals surface area contributed by atoms with Crippen molar-refractivity contribution in [3.8, 4) is 0 Å². The summed E-state index contributed by atoms with van der Waals surface area (Å²) < 4.78 is 4.84. The summed E-state index contributed by atoms with van der Waals surface area (Å²) in [7, 11) is 0. The first kappa shape index (κ1) is 16.4. The van der Waals surface area contributed by atoms with Crippen molar-refractivity contribution in [3.05, 3.63) is 35.9 Å². The Kier molecular flexibility index (Phi) is 8.30. The minimum absolute atomic E-state index is 0.252.